The van der Waals surface area contributed by atoms with Gasteiger partial charge in [0.1, 0.15) is 5.58 Å². The third-order valence-electron chi connectivity index (χ3n) is 3.08. The summed E-state index contributed by atoms with van der Waals surface area (Å²) in [6.07, 6.45) is 0. The average Bonchev–Trinajstić information content (AvgIpc) is 2.62. The van der Waals surface area contributed by atoms with Crippen LogP contribution in [0.3, 0.4) is 0 Å². The van der Waals surface area contributed by atoms with Crippen molar-refractivity contribution < 1.29 is 9.21 Å². The Labute approximate surface area is 101 Å². The highest BCUT2D eigenvalue weighted by molar-refractivity contribution is 6.00. The van der Waals surface area contributed by atoms with E-state index in [9.17, 15) is 4.79 Å². The molecule has 3 heteroatoms. The van der Waals surface area contributed by atoms with Crippen LogP contribution in [0.4, 0.5) is 0 Å². The molecule has 90 valence electrons. The number of nitrogens with zero attached hydrogens (tertiary/aromatic N) is 1. The number of rotatable bonds is 1. The largest absolute Gasteiger partial charge is 0.450 e. The molecular weight excluding hydrogens is 214 g/mol. The van der Waals surface area contributed by atoms with E-state index in [-0.39, 0.29) is 5.91 Å². The second-order valence-electron chi connectivity index (χ2n) is 4.66. The van der Waals surface area contributed by atoms with Gasteiger partial charge in [-0.25, -0.2) is 0 Å². The van der Waals surface area contributed by atoms with Crippen LogP contribution in [0.15, 0.2) is 16.5 Å². The molecule has 3 nitrogen and oxygen atoms in total. The van der Waals surface area contributed by atoms with Crippen molar-refractivity contribution in [3.63, 3.8) is 0 Å². The molecule has 0 saturated carbocycles. The summed E-state index contributed by atoms with van der Waals surface area (Å²) < 4.78 is 5.74. The van der Waals surface area contributed by atoms with Crippen molar-refractivity contribution in [2.45, 2.75) is 20.8 Å². The number of amides is 1. The molecule has 1 heterocycles. The summed E-state index contributed by atoms with van der Waals surface area (Å²) in [7, 11) is 3.46. The molecule has 0 aliphatic rings. The number of carbonyl (C=O) groups excluding carboxylic acids is 1. The molecule has 2 rings (SSSR count). The van der Waals surface area contributed by atoms with Gasteiger partial charge >= 0.3 is 0 Å². The van der Waals surface area contributed by atoms with E-state index >= 15 is 0 Å². The van der Waals surface area contributed by atoms with Crippen LogP contribution in [0.1, 0.15) is 27.2 Å². The highest BCUT2D eigenvalue weighted by Gasteiger charge is 2.20. The number of fused-ring (bicyclic) bond motifs is 1. The van der Waals surface area contributed by atoms with Gasteiger partial charge in [0.05, 0.1) is 0 Å². The van der Waals surface area contributed by atoms with Gasteiger partial charge in [-0.2, -0.15) is 0 Å². The number of carbonyl (C=O) groups is 1. The molecule has 17 heavy (non-hydrogen) atoms. The summed E-state index contributed by atoms with van der Waals surface area (Å²) in [6.45, 7) is 5.97. The molecular formula is C14H17NO2. The first-order valence-electron chi connectivity index (χ1n) is 5.64. The SMILES string of the molecule is Cc1ccc(C)c2c(C)c(C(=O)N(C)C)oc12. The predicted octanol–water partition coefficient (Wildman–Crippen LogP) is 3.06. The Kier molecular flexibility index (Phi) is 2.69. The fraction of sp³-hybridized carbons (Fsp3) is 0.357. The zero-order chi connectivity index (χ0) is 12.7. The molecule has 0 fully saturated rings. The van der Waals surface area contributed by atoms with E-state index in [2.05, 4.69) is 6.07 Å². The Morgan fingerprint density at radius 3 is 2.24 bits per heavy atom. The summed E-state index contributed by atoms with van der Waals surface area (Å²) in [6, 6.07) is 4.08. The smallest absolute Gasteiger partial charge is 0.289 e. The zero-order valence-corrected chi connectivity index (χ0v) is 10.9. The van der Waals surface area contributed by atoms with Gasteiger partial charge in [-0.1, -0.05) is 12.1 Å². The van der Waals surface area contributed by atoms with Crippen LogP contribution in [-0.2, 0) is 0 Å². The molecule has 0 N–H and O–H groups in total. The lowest BCUT2D eigenvalue weighted by Gasteiger charge is -2.07. The van der Waals surface area contributed by atoms with E-state index < -0.39 is 0 Å². The van der Waals surface area contributed by atoms with Crippen LogP contribution < -0.4 is 0 Å². The van der Waals surface area contributed by atoms with Gasteiger partial charge in [-0.05, 0) is 31.9 Å². The highest BCUT2D eigenvalue weighted by atomic mass is 16.3. The molecule has 0 radical (unpaired) electrons. The third-order valence-corrected chi connectivity index (χ3v) is 3.08. The summed E-state index contributed by atoms with van der Waals surface area (Å²) in [5, 5.41) is 1.07. The Morgan fingerprint density at radius 2 is 1.71 bits per heavy atom. The summed E-state index contributed by atoms with van der Waals surface area (Å²) in [5.74, 6) is 0.361. The minimum Gasteiger partial charge on any atom is -0.450 e. The first kappa shape index (κ1) is 11.7. The molecule has 0 saturated heterocycles. The Morgan fingerprint density at radius 1 is 1.12 bits per heavy atom. The Bertz CT molecular complexity index is 594. The number of benzene rings is 1. The maximum Gasteiger partial charge on any atom is 0.289 e. The van der Waals surface area contributed by atoms with Crippen molar-refractivity contribution in [3.05, 3.63) is 34.6 Å². The van der Waals surface area contributed by atoms with Crippen molar-refractivity contribution in [3.8, 4) is 0 Å². The molecule has 0 atom stereocenters. The van der Waals surface area contributed by atoms with Gasteiger partial charge in [0, 0.05) is 25.0 Å². The number of hydrogen-bond donors (Lipinski definition) is 0. The maximum absolute atomic E-state index is 12.0. The Balaban J connectivity index is 2.77. The van der Waals surface area contributed by atoms with Crippen LogP contribution in [-0.4, -0.2) is 24.9 Å². The molecule has 0 aliphatic carbocycles. The minimum absolute atomic E-state index is 0.0856. The molecule has 0 unspecified atom stereocenters. The fourth-order valence-electron chi connectivity index (χ4n) is 2.08. The van der Waals surface area contributed by atoms with Gasteiger partial charge in [0.25, 0.3) is 5.91 Å². The van der Waals surface area contributed by atoms with Crippen molar-refractivity contribution in [2.75, 3.05) is 14.1 Å². The van der Waals surface area contributed by atoms with E-state index in [1.807, 2.05) is 26.8 Å². The standard InChI is InChI=1S/C14H17NO2/c1-8-6-7-9(2)12-11(8)10(3)13(17-12)14(16)15(4)5/h6-7H,1-5H3. The normalized spacial score (nSPS) is 10.9. The zero-order valence-electron chi connectivity index (χ0n) is 10.9. The van der Waals surface area contributed by atoms with E-state index in [1.54, 1.807) is 14.1 Å². The lowest BCUT2D eigenvalue weighted by Crippen LogP contribution is -2.21. The lowest BCUT2D eigenvalue weighted by molar-refractivity contribution is 0.0798. The van der Waals surface area contributed by atoms with E-state index in [0.29, 0.717) is 5.76 Å². The van der Waals surface area contributed by atoms with Crippen molar-refractivity contribution in [1.82, 2.24) is 4.90 Å². The Hall–Kier alpha value is -1.77. The van der Waals surface area contributed by atoms with Gasteiger partial charge in [-0.3, -0.25) is 4.79 Å². The van der Waals surface area contributed by atoms with Crippen molar-refractivity contribution in [1.29, 1.82) is 0 Å². The number of aryl methyl sites for hydroxylation is 3. The van der Waals surface area contributed by atoms with Crippen molar-refractivity contribution in [2.24, 2.45) is 0 Å². The van der Waals surface area contributed by atoms with Crippen molar-refractivity contribution >= 4 is 16.9 Å². The van der Waals surface area contributed by atoms with Crippen LogP contribution in [0.5, 0.6) is 0 Å². The number of furan rings is 1. The monoisotopic (exact) mass is 231 g/mol. The van der Waals surface area contributed by atoms with E-state index in [1.165, 1.54) is 4.90 Å². The van der Waals surface area contributed by atoms with E-state index in [0.717, 1.165) is 27.7 Å². The van der Waals surface area contributed by atoms with Crippen LogP contribution >= 0.6 is 0 Å². The first-order valence-corrected chi connectivity index (χ1v) is 5.64. The highest BCUT2D eigenvalue weighted by Crippen LogP contribution is 2.30. The predicted molar refractivity (Wildman–Crippen MR) is 68.4 cm³/mol. The minimum atomic E-state index is -0.0856. The van der Waals surface area contributed by atoms with E-state index in [4.69, 9.17) is 4.42 Å². The van der Waals surface area contributed by atoms with Gasteiger partial charge in [0.15, 0.2) is 5.76 Å². The molecule has 0 aliphatic heterocycles. The molecule has 1 amide bonds. The second-order valence-corrected chi connectivity index (χ2v) is 4.66. The van der Waals surface area contributed by atoms with Gasteiger partial charge < -0.3 is 9.32 Å². The van der Waals surface area contributed by atoms with Crippen LogP contribution in [0, 0.1) is 20.8 Å². The quantitative estimate of drug-likeness (QED) is 0.755. The van der Waals surface area contributed by atoms with Gasteiger partial charge in [-0.15, -0.1) is 0 Å². The summed E-state index contributed by atoms with van der Waals surface area (Å²) in [5.41, 5.74) is 3.96. The average molecular weight is 231 g/mol. The summed E-state index contributed by atoms with van der Waals surface area (Å²) >= 11 is 0. The molecule has 0 spiro atoms. The molecule has 2 aromatic rings. The summed E-state index contributed by atoms with van der Waals surface area (Å²) in [4.78, 5) is 13.5. The molecule has 1 aromatic carbocycles. The topological polar surface area (TPSA) is 33.5 Å². The molecule has 0 bridgehead atoms. The maximum atomic E-state index is 12.0. The molecule has 1 aromatic heterocycles. The number of hydrogen-bond acceptors (Lipinski definition) is 2. The van der Waals surface area contributed by atoms with Crippen LogP contribution in [0.2, 0.25) is 0 Å². The lowest BCUT2D eigenvalue weighted by atomic mass is 10.0. The third kappa shape index (κ3) is 1.71. The fourth-order valence-corrected chi connectivity index (χ4v) is 2.08. The van der Waals surface area contributed by atoms with Crippen LogP contribution in [0.25, 0.3) is 11.0 Å². The van der Waals surface area contributed by atoms with Gasteiger partial charge in [0.2, 0.25) is 0 Å². The second kappa shape index (κ2) is 3.91. The first-order chi connectivity index (χ1) is 7.93.